The molecule has 0 unspecified atom stereocenters. The maximum Gasteiger partial charge on any atom is 0.329 e. The number of nitrogens with one attached hydrogen (secondary N) is 1. The van der Waals surface area contributed by atoms with Crippen LogP contribution in [0.5, 0.6) is 0 Å². The van der Waals surface area contributed by atoms with Crippen LogP contribution < -0.4 is 10.4 Å². The molecule has 1 amide bonds. The SMILES string of the molecule is O=C(CCCn1c(Cn2c(=O)n(C3CC3)c3ccncc32)nc2cc(Cl)ccc21)NS(=O)(=O)C1CC1. The summed E-state index contributed by atoms with van der Waals surface area (Å²) in [6.07, 6.45) is 7.02. The predicted molar refractivity (Wildman–Crippen MR) is 135 cm³/mol. The fraction of sp³-hybridized carbons (Fsp3) is 0.417. The van der Waals surface area contributed by atoms with Crippen LogP contribution in [0, 0.1) is 0 Å². The first-order valence-corrected chi connectivity index (χ1v) is 14.0. The molecule has 3 aromatic heterocycles. The third-order valence-corrected chi connectivity index (χ3v) is 8.87. The van der Waals surface area contributed by atoms with Gasteiger partial charge in [0.15, 0.2) is 0 Å². The van der Waals surface area contributed by atoms with E-state index in [0.717, 1.165) is 29.4 Å². The Balaban J connectivity index is 1.30. The Morgan fingerprint density at radius 3 is 2.64 bits per heavy atom. The van der Waals surface area contributed by atoms with Crippen LogP contribution in [-0.2, 0) is 27.9 Å². The lowest BCUT2D eigenvalue weighted by Crippen LogP contribution is -2.33. The van der Waals surface area contributed by atoms with Gasteiger partial charge >= 0.3 is 5.69 Å². The first kappa shape index (κ1) is 23.2. The smallest absolute Gasteiger partial charge is 0.326 e. The molecular formula is C24H25ClN6O4S. The Morgan fingerprint density at radius 2 is 1.89 bits per heavy atom. The van der Waals surface area contributed by atoms with Gasteiger partial charge in [-0.05, 0) is 56.4 Å². The zero-order chi connectivity index (χ0) is 25.0. The minimum absolute atomic E-state index is 0.0590. The normalized spacial score (nSPS) is 16.1. The molecule has 12 heteroatoms. The highest BCUT2D eigenvalue weighted by molar-refractivity contribution is 7.90. The van der Waals surface area contributed by atoms with E-state index >= 15 is 0 Å². The number of aromatic nitrogens is 5. The molecule has 0 aliphatic heterocycles. The summed E-state index contributed by atoms with van der Waals surface area (Å²) >= 11 is 6.20. The van der Waals surface area contributed by atoms with Gasteiger partial charge in [-0.15, -0.1) is 0 Å². The number of pyridine rings is 1. The predicted octanol–water partition coefficient (Wildman–Crippen LogP) is 2.97. The standard InChI is InChI=1S/C24H25ClN6O4S/c25-15-3-8-19-18(12-15)27-22(29(19)11-1-2-23(32)28-36(34,35)17-6-7-17)14-30-21-13-26-10-9-20(21)31(24(30)33)16-4-5-16/h3,8-10,12-13,16-17H,1-2,4-7,11,14H2,(H,28,32). The van der Waals surface area contributed by atoms with Gasteiger partial charge in [0.25, 0.3) is 0 Å². The van der Waals surface area contributed by atoms with Gasteiger partial charge in [0.05, 0.1) is 40.1 Å². The maximum atomic E-state index is 13.4. The van der Waals surface area contributed by atoms with Crippen molar-refractivity contribution >= 4 is 49.6 Å². The quantitative estimate of drug-likeness (QED) is 0.356. The van der Waals surface area contributed by atoms with Crippen LogP contribution >= 0.6 is 11.6 Å². The highest BCUT2D eigenvalue weighted by atomic mass is 35.5. The van der Waals surface area contributed by atoms with Gasteiger partial charge in [-0.25, -0.2) is 18.2 Å². The molecule has 3 heterocycles. The van der Waals surface area contributed by atoms with Crippen LogP contribution in [0.3, 0.4) is 0 Å². The molecule has 0 bridgehead atoms. The molecule has 2 aliphatic rings. The minimum atomic E-state index is -3.56. The van der Waals surface area contributed by atoms with Crippen LogP contribution in [0.15, 0.2) is 41.5 Å². The van der Waals surface area contributed by atoms with E-state index in [0.29, 0.717) is 42.2 Å². The highest BCUT2D eigenvalue weighted by Gasteiger charge is 2.36. The second-order valence-electron chi connectivity index (χ2n) is 9.52. The third-order valence-electron chi connectivity index (χ3n) is 6.77. The molecule has 188 valence electrons. The van der Waals surface area contributed by atoms with Gasteiger partial charge in [-0.3, -0.25) is 23.6 Å². The van der Waals surface area contributed by atoms with E-state index < -0.39 is 21.2 Å². The number of imidazole rings is 2. The molecular weight excluding hydrogens is 504 g/mol. The lowest BCUT2D eigenvalue weighted by molar-refractivity contribution is -0.119. The van der Waals surface area contributed by atoms with Crippen molar-refractivity contribution < 1.29 is 13.2 Å². The lowest BCUT2D eigenvalue weighted by atomic mass is 10.2. The fourth-order valence-corrected chi connectivity index (χ4v) is 6.21. The second-order valence-corrected chi connectivity index (χ2v) is 11.9. The molecule has 36 heavy (non-hydrogen) atoms. The molecule has 0 saturated heterocycles. The summed E-state index contributed by atoms with van der Waals surface area (Å²) in [6, 6.07) is 7.48. The molecule has 0 radical (unpaired) electrons. The average molecular weight is 529 g/mol. The van der Waals surface area contributed by atoms with Crippen molar-refractivity contribution in [2.24, 2.45) is 0 Å². The summed E-state index contributed by atoms with van der Waals surface area (Å²) in [7, 11) is -3.56. The van der Waals surface area contributed by atoms with E-state index in [1.54, 1.807) is 29.1 Å². The summed E-state index contributed by atoms with van der Waals surface area (Å²) in [5.74, 6) is 0.143. The van der Waals surface area contributed by atoms with Crippen molar-refractivity contribution in [3.63, 3.8) is 0 Å². The zero-order valence-corrected chi connectivity index (χ0v) is 21.0. The maximum absolute atomic E-state index is 13.4. The van der Waals surface area contributed by atoms with Crippen molar-refractivity contribution in [2.75, 3.05) is 0 Å². The Bertz CT molecular complexity index is 1660. The van der Waals surface area contributed by atoms with Gasteiger partial charge in [-0.2, -0.15) is 0 Å². The van der Waals surface area contributed by atoms with Crippen LogP contribution in [0.4, 0.5) is 0 Å². The van der Waals surface area contributed by atoms with E-state index in [9.17, 15) is 18.0 Å². The van der Waals surface area contributed by atoms with E-state index in [-0.39, 0.29) is 24.7 Å². The number of benzene rings is 1. The molecule has 6 rings (SSSR count). The van der Waals surface area contributed by atoms with Gasteiger partial charge in [-0.1, -0.05) is 11.6 Å². The fourth-order valence-electron chi connectivity index (χ4n) is 4.70. The second kappa shape index (κ2) is 8.74. The summed E-state index contributed by atoms with van der Waals surface area (Å²) in [4.78, 5) is 34.7. The van der Waals surface area contributed by atoms with Crippen molar-refractivity contribution in [3.05, 3.63) is 58.0 Å². The van der Waals surface area contributed by atoms with Gasteiger partial charge in [0, 0.05) is 30.2 Å². The minimum Gasteiger partial charge on any atom is -0.326 e. The summed E-state index contributed by atoms with van der Waals surface area (Å²) < 4.78 is 31.8. The van der Waals surface area contributed by atoms with Crippen molar-refractivity contribution in [1.29, 1.82) is 0 Å². The number of hydrogen-bond donors (Lipinski definition) is 1. The Morgan fingerprint density at radius 1 is 1.08 bits per heavy atom. The van der Waals surface area contributed by atoms with Crippen LogP contribution in [-0.4, -0.2) is 43.2 Å². The van der Waals surface area contributed by atoms with Crippen molar-refractivity contribution in [1.82, 2.24) is 28.4 Å². The molecule has 2 aliphatic carbocycles. The van der Waals surface area contributed by atoms with Crippen molar-refractivity contribution in [3.8, 4) is 0 Å². The number of aryl methyl sites for hydroxylation is 1. The van der Waals surface area contributed by atoms with Gasteiger partial charge in [0.1, 0.15) is 5.82 Å². The van der Waals surface area contributed by atoms with E-state index in [1.165, 1.54) is 0 Å². The Kier molecular flexibility index (Phi) is 5.64. The molecule has 0 atom stereocenters. The van der Waals surface area contributed by atoms with Crippen LogP contribution in [0.2, 0.25) is 5.02 Å². The first-order chi connectivity index (χ1) is 17.3. The number of rotatable bonds is 9. The first-order valence-electron chi connectivity index (χ1n) is 12.1. The van der Waals surface area contributed by atoms with Crippen LogP contribution in [0.1, 0.15) is 50.4 Å². The number of halogens is 1. The molecule has 4 aromatic rings. The largest absolute Gasteiger partial charge is 0.329 e. The van der Waals surface area contributed by atoms with E-state index in [2.05, 4.69) is 9.71 Å². The third kappa shape index (κ3) is 4.30. The van der Waals surface area contributed by atoms with Crippen molar-refractivity contribution in [2.45, 2.75) is 62.9 Å². The topological polar surface area (TPSA) is 121 Å². The Hall–Kier alpha value is -3.18. The molecule has 2 saturated carbocycles. The molecule has 1 N–H and O–H groups in total. The van der Waals surface area contributed by atoms with Gasteiger partial charge < -0.3 is 4.57 Å². The number of fused-ring (bicyclic) bond motifs is 2. The number of carbonyl (C=O) groups is 1. The molecule has 1 aromatic carbocycles. The number of amides is 1. The number of hydrogen-bond acceptors (Lipinski definition) is 6. The molecule has 2 fully saturated rings. The van der Waals surface area contributed by atoms with Crippen LogP contribution in [0.25, 0.3) is 22.1 Å². The van der Waals surface area contributed by atoms with Gasteiger partial charge in [0.2, 0.25) is 15.9 Å². The van der Waals surface area contributed by atoms with E-state index in [1.807, 2.05) is 21.3 Å². The number of sulfonamides is 1. The highest BCUT2D eigenvalue weighted by Crippen LogP contribution is 2.36. The summed E-state index contributed by atoms with van der Waals surface area (Å²) in [5, 5.41) is 0.107. The Labute approximate surface area is 211 Å². The number of nitrogens with zero attached hydrogens (tertiary/aromatic N) is 5. The zero-order valence-electron chi connectivity index (χ0n) is 19.4. The molecule has 0 spiro atoms. The van der Waals surface area contributed by atoms with E-state index in [4.69, 9.17) is 16.6 Å². The molecule has 10 nitrogen and oxygen atoms in total. The summed E-state index contributed by atoms with van der Waals surface area (Å²) in [6.45, 7) is 0.661. The summed E-state index contributed by atoms with van der Waals surface area (Å²) in [5.41, 5.74) is 3.03. The average Bonchev–Trinajstić information content (AvgIpc) is 3.75. The monoisotopic (exact) mass is 528 g/mol. The number of carbonyl (C=O) groups excluding carboxylic acids is 1. The lowest BCUT2D eigenvalue weighted by Gasteiger charge is -2.11.